The van der Waals surface area contributed by atoms with Gasteiger partial charge in [0.1, 0.15) is 0 Å². The number of anilines is 1. The van der Waals surface area contributed by atoms with Crippen molar-refractivity contribution < 1.29 is 4.79 Å². The average molecular weight is 260 g/mol. The maximum absolute atomic E-state index is 12.1. The maximum Gasteiger partial charge on any atom is 0.231 e. The van der Waals surface area contributed by atoms with E-state index in [1.54, 1.807) is 24.1 Å². The monoisotopic (exact) mass is 259 g/mol. The van der Waals surface area contributed by atoms with Crippen molar-refractivity contribution in [3.8, 4) is 0 Å². The first-order valence-corrected chi connectivity index (χ1v) is 6.10. The number of carbonyl (C=O) groups excluding carboxylic acids is 1. The Morgan fingerprint density at radius 2 is 1.67 bits per heavy atom. The summed E-state index contributed by atoms with van der Waals surface area (Å²) >= 11 is 5.82. The summed E-state index contributed by atoms with van der Waals surface area (Å²) in [5, 5.41) is 0.669. The van der Waals surface area contributed by atoms with Crippen LogP contribution in [-0.4, -0.2) is 13.0 Å². The van der Waals surface area contributed by atoms with E-state index in [2.05, 4.69) is 0 Å². The number of hydrogen-bond donors (Lipinski definition) is 0. The fourth-order valence-corrected chi connectivity index (χ4v) is 1.82. The largest absolute Gasteiger partial charge is 0.315 e. The van der Waals surface area contributed by atoms with E-state index in [0.29, 0.717) is 11.4 Å². The Balaban J connectivity index is 2.07. The van der Waals surface area contributed by atoms with Gasteiger partial charge in [-0.1, -0.05) is 41.9 Å². The van der Waals surface area contributed by atoms with E-state index in [9.17, 15) is 4.79 Å². The molecule has 18 heavy (non-hydrogen) atoms. The minimum absolute atomic E-state index is 0.0588. The molecule has 0 radical (unpaired) electrons. The SMILES string of the molecule is CN(C(=O)Cc1ccccc1)c1ccc(Cl)cc1. The molecule has 92 valence electrons. The predicted octanol–water partition coefficient (Wildman–Crippen LogP) is 3.55. The molecule has 0 bridgehead atoms. The van der Waals surface area contributed by atoms with Crippen LogP contribution in [0.5, 0.6) is 0 Å². The third-order valence-electron chi connectivity index (χ3n) is 2.79. The van der Waals surface area contributed by atoms with Crippen molar-refractivity contribution in [3.63, 3.8) is 0 Å². The molecule has 2 aromatic carbocycles. The second kappa shape index (κ2) is 5.69. The van der Waals surface area contributed by atoms with Crippen LogP contribution >= 0.6 is 11.6 Å². The van der Waals surface area contributed by atoms with Crippen molar-refractivity contribution >= 4 is 23.2 Å². The number of halogens is 1. The van der Waals surface area contributed by atoms with Crippen molar-refractivity contribution in [2.45, 2.75) is 6.42 Å². The van der Waals surface area contributed by atoms with Gasteiger partial charge in [-0.25, -0.2) is 0 Å². The first kappa shape index (κ1) is 12.7. The Morgan fingerprint density at radius 1 is 1.06 bits per heavy atom. The van der Waals surface area contributed by atoms with Crippen LogP contribution in [0.2, 0.25) is 5.02 Å². The van der Waals surface area contributed by atoms with Gasteiger partial charge in [0.25, 0.3) is 0 Å². The molecule has 0 aromatic heterocycles. The molecule has 1 amide bonds. The van der Waals surface area contributed by atoms with Gasteiger partial charge in [0, 0.05) is 17.8 Å². The molecule has 0 saturated carbocycles. The molecule has 0 aliphatic heterocycles. The van der Waals surface area contributed by atoms with Crippen LogP contribution in [0, 0.1) is 0 Å². The average Bonchev–Trinajstić information content (AvgIpc) is 2.40. The van der Waals surface area contributed by atoms with Gasteiger partial charge in [0.15, 0.2) is 0 Å². The number of hydrogen-bond acceptors (Lipinski definition) is 1. The lowest BCUT2D eigenvalue weighted by atomic mass is 10.1. The summed E-state index contributed by atoms with van der Waals surface area (Å²) in [6, 6.07) is 17.0. The molecule has 3 heteroatoms. The summed E-state index contributed by atoms with van der Waals surface area (Å²) in [6.07, 6.45) is 0.403. The molecule has 0 atom stereocenters. The third-order valence-corrected chi connectivity index (χ3v) is 3.04. The van der Waals surface area contributed by atoms with Crippen LogP contribution < -0.4 is 4.90 Å². The second-order valence-electron chi connectivity index (χ2n) is 4.09. The third kappa shape index (κ3) is 3.11. The topological polar surface area (TPSA) is 20.3 Å². The standard InChI is InChI=1S/C15H14ClNO/c1-17(14-9-7-13(16)8-10-14)15(18)11-12-5-3-2-4-6-12/h2-10H,11H2,1H3. The summed E-state index contributed by atoms with van der Waals surface area (Å²) in [6.45, 7) is 0. The van der Waals surface area contributed by atoms with E-state index in [-0.39, 0.29) is 5.91 Å². The Hall–Kier alpha value is -1.80. The normalized spacial score (nSPS) is 10.1. The van der Waals surface area contributed by atoms with Gasteiger partial charge in [-0.2, -0.15) is 0 Å². The lowest BCUT2D eigenvalue weighted by molar-refractivity contribution is -0.117. The number of benzene rings is 2. The molecule has 2 aromatic rings. The summed E-state index contributed by atoms with van der Waals surface area (Å²) in [5.74, 6) is 0.0588. The van der Waals surface area contributed by atoms with Crippen LogP contribution in [0.25, 0.3) is 0 Å². The molecule has 2 rings (SSSR count). The van der Waals surface area contributed by atoms with Crippen LogP contribution in [0.4, 0.5) is 5.69 Å². The van der Waals surface area contributed by atoms with Gasteiger partial charge in [0.2, 0.25) is 5.91 Å². The van der Waals surface area contributed by atoms with E-state index in [4.69, 9.17) is 11.6 Å². The van der Waals surface area contributed by atoms with Crippen LogP contribution in [-0.2, 0) is 11.2 Å². The zero-order valence-corrected chi connectivity index (χ0v) is 10.9. The van der Waals surface area contributed by atoms with Gasteiger partial charge < -0.3 is 4.90 Å². The van der Waals surface area contributed by atoms with Crippen molar-refractivity contribution in [3.05, 3.63) is 65.2 Å². The summed E-state index contributed by atoms with van der Waals surface area (Å²) in [4.78, 5) is 13.7. The lowest BCUT2D eigenvalue weighted by Gasteiger charge is -2.17. The fraction of sp³-hybridized carbons (Fsp3) is 0.133. The molecule has 0 N–H and O–H groups in total. The van der Waals surface area contributed by atoms with Crippen molar-refractivity contribution in [2.75, 3.05) is 11.9 Å². The lowest BCUT2D eigenvalue weighted by Crippen LogP contribution is -2.27. The van der Waals surface area contributed by atoms with Crippen molar-refractivity contribution in [1.29, 1.82) is 0 Å². The quantitative estimate of drug-likeness (QED) is 0.826. The van der Waals surface area contributed by atoms with Gasteiger partial charge >= 0.3 is 0 Å². The molecule has 0 heterocycles. The molecule has 0 aliphatic carbocycles. The van der Waals surface area contributed by atoms with E-state index >= 15 is 0 Å². The molecule has 2 nitrogen and oxygen atoms in total. The fourth-order valence-electron chi connectivity index (χ4n) is 1.70. The van der Waals surface area contributed by atoms with Crippen LogP contribution in [0.15, 0.2) is 54.6 Å². The van der Waals surface area contributed by atoms with E-state index in [0.717, 1.165) is 11.3 Å². The summed E-state index contributed by atoms with van der Waals surface area (Å²) in [5.41, 5.74) is 1.86. The molecule has 0 aliphatic rings. The van der Waals surface area contributed by atoms with Crippen molar-refractivity contribution in [1.82, 2.24) is 0 Å². The first-order chi connectivity index (χ1) is 8.66. The number of rotatable bonds is 3. The van der Waals surface area contributed by atoms with Gasteiger partial charge in [0.05, 0.1) is 6.42 Å². The molecule has 0 fully saturated rings. The Labute approximate surface area is 112 Å². The maximum atomic E-state index is 12.1. The molecule has 0 saturated heterocycles. The molecular formula is C15H14ClNO. The highest BCUT2D eigenvalue weighted by molar-refractivity contribution is 6.30. The van der Waals surface area contributed by atoms with Crippen molar-refractivity contribution in [2.24, 2.45) is 0 Å². The first-order valence-electron chi connectivity index (χ1n) is 5.73. The Bertz CT molecular complexity index is 522. The smallest absolute Gasteiger partial charge is 0.231 e. The Morgan fingerprint density at radius 3 is 2.28 bits per heavy atom. The molecule has 0 unspecified atom stereocenters. The number of likely N-dealkylation sites (N-methyl/N-ethyl adjacent to an activating group) is 1. The van der Waals surface area contributed by atoms with E-state index in [1.807, 2.05) is 42.5 Å². The van der Waals surface area contributed by atoms with Crippen LogP contribution in [0.1, 0.15) is 5.56 Å². The van der Waals surface area contributed by atoms with Gasteiger partial charge in [-0.05, 0) is 29.8 Å². The van der Waals surface area contributed by atoms with Gasteiger partial charge in [-0.3, -0.25) is 4.79 Å². The minimum atomic E-state index is 0.0588. The minimum Gasteiger partial charge on any atom is -0.315 e. The predicted molar refractivity (Wildman–Crippen MR) is 75.0 cm³/mol. The van der Waals surface area contributed by atoms with Gasteiger partial charge in [-0.15, -0.1) is 0 Å². The highest BCUT2D eigenvalue weighted by atomic mass is 35.5. The summed E-state index contributed by atoms with van der Waals surface area (Å²) in [7, 11) is 1.77. The summed E-state index contributed by atoms with van der Waals surface area (Å²) < 4.78 is 0. The molecular weight excluding hydrogens is 246 g/mol. The zero-order valence-electron chi connectivity index (χ0n) is 10.1. The highest BCUT2D eigenvalue weighted by Crippen LogP contribution is 2.17. The molecule has 0 spiro atoms. The van der Waals surface area contributed by atoms with Crippen LogP contribution in [0.3, 0.4) is 0 Å². The zero-order chi connectivity index (χ0) is 13.0. The van der Waals surface area contributed by atoms with E-state index in [1.165, 1.54) is 0 Å². The second-order valence-corrected chi connectivity index (χ2v) is 4.53. The number of carbonyl (C=O) groups is 1. The van der Waals surface area contributed by atoms with E-state index < -0.39 is 0 Å². The number of amides is 1. The Kier molecular flexibility index (Phi) is 4.00. The number of nitrogens with zero attached hydrogens (tertiary/aromatic N) is 1. The highest BCUT2D eigenvalue weighted by Gasteiger charge is 2.11.